The molecule has 3 aliphatic rings. The van der Waals surface area contributed by atoms with Crippen LogP contribution in [0.2, 0.25) is 0 Å². The van der Waals surface area contributed by atoms with Crippen LogP contribution in [0.1, 0.15) is 48.9 Å². The number of piperazine rings is 1. The number of ether oxygens (including phenoxy) is 2. The number of amides is 1. The Morgan fingerprint density at radius 3 is 1.80 bits per heavy atom. The summed E-state index contributed by atoms with van der Waals surface area (Å²) in [6, 6.07) is 30.2. The summed E-state index contributed by atoms with van der Waals surface area (Å²) in [4.78, 5) is 24.9. The molecule has 3 aliphatic heterocycles. The predicted molar refractivity (Wildman–Crippen MR) is 232 cm³/mol. The minimum Gasteiger partial charge on any atom is -0.493 e. The first-order valence-corrected chi connectivity index (χ1v) is 21.1. The standard InChI is InChI=1S/C49H51F2N5O3/c1-58-47-31-43-44(52-33-40-7-6-23-55(40)49(43)57)32-48(47)59-28-5-4-21-54-26-24-53(25-27-54)20-2-3-22-56-45-18-12-36(34-8-14-38(50)15-9-34)29-41(45)42-30-37(13-19-46(42)56)35-10-16-39(51)17-11-35/h8-19,29-33,40H,2-7,20-28H2,1H3/t40-/m0/s1. The maximum Gasteiger partial charge on any atom is 0.256 e. The third kappa shape index (κ3) is 8.34. The highest BCUT2D eigenvalue weighted by atomic mass is 19.1. The van der Waals surface area contributed by atoms with Crippen molar-refractivity contribution < 1.29 is 23.0 Å². The molecule has 0 aliphatic carbocycles. The molecule has 9 rings (SSSR count). The van der Waals surface area contributed by atoms with Crippen molar-refractivity contribution in [3.63, 3.8) is 0 Å². The number of halogens is 2. The van der Waals surface area contributed by atoms with E-state index in [1.165, 1.54) is 35.3 Å². The van der Waals surface area contributed by atoms with Crippen molar-refractivity contribution >= 4 is 39.6 Å². The van der Waals surface area contributed by atoms with Crippen molar-refractivity contribution in [3.8, 4) is 33.8 Å². The number of nitrogens with zero attached hydrogens (tertiary/aromatic N) is 5. The molecule has 2 saturated heterocycles. The molecule has 0 spiro atoms. The highest BCUT2D eigenvalue weighted by Crippen LogP contribution is 2.39. The van der Waals surface area contributed by atoms with E-state index in [2.05, 4.69) is 55.8 Å². The average Bonchev–Trinajstić information content (AvgIpc) is 3.83. The minimum absolute atomic E-state index is 0.0174. The number of fused-ring (bicyclic) bond motifs is 5. The lowest BCUT2D eigenvalue weighted by atomic mass is 10.0. The van der Waals surface area contributed by atoms with Crippen LogP contribution in [0, 0.1) is 11.6 Å². The first kappa shape index (κ1) is 38.9. The summed E-state index contributed by atoms with van der Waals surface area (Å²) in [5.74, 6) is 0.740. The summed E-state index contributed by atoms with van der Waals surface area (Å²) in [7, 11) is 1.62. The molecule has 6 aromatic rings. The molecule has 0 N–H and O–H groups in total. The van der Waals surface area contributed by atoms with Crippen LogP contribution in [0.5, 0.6) is 11.5 Å². The van der Waals surface area contributed by atoms with Crippen LogP contribution in [0.25, 0.3) is 44.1 Å². The number of aromatic nitrogens is 1. The van der Waals surface area contributed by atoms with E-state index in [1.54, 1.807) is 13.2 Å². The predicted octanol–water partition coefficient (Wildman–Crippen LogP) is 9.99. The van der Waals surface area contributed by atoms with E-state index in [9.17, 15) is 13.6 Å². The molecule has 304 valence electrons. The van der Waals surface area contributed by atoms with Gasteiger partial charge in [-0.15, -0.1) is 0 Å². The van der Waals surface area contributed by atoms with Gasteiger partial charge in [0, 0.05) is 73.4 Å². The fourth-order valence-electron chi connectivity index (χ4n) is 9.07. The van der Waals surface area contributed by atoms with Crippen LogP contribution in [-0.4, -0.2) is 97.0 Å². The molecular weight excluding hydrogens is 745 g/mol. The minimum atomic E-state index is -0.244. The van der Waals surface area contributed by atoms with Crippen molar-refractivity contribution in [2.45, 2.75) is 51.1 Å². The van der Waals surface area contributed by atoms with Gasteiger partial charge in [0.15, 0.2) is 11.5 Å². The Hall–Kier alpha value is -5.58. The van der Waals surface area contributed by atoms with Gasteiger partial charge in [-0.25, -0.2) is 8.78 Å². The summed E-state index contributed by atoms with van der Waals surface area (Å²) in [6.45, 7) is 8.69. The fraction of sp³-hybridized carbons (Fsp3) is 0.347. The Morgan fingerprint density at radius 2 is 1.20 bits per heavy atom. The first-order chi connectivity index (χ1) is 28.9. The van der Waals surface area contributed by atoms with E-state index in [0.717, 1.165) is 124 Å². The van der Waals surface area contributed by atoms with Crippen molar-refractivity contribution in [1.82, 2.24) is 19.3 Å². The molecular formula is C49H51F2N5O3. The number of rotatable bonds is 14. The molecule has 59 heavy (non-hydrogen) atoms. The third-order valence-electron chi connectivity index (χ3n) is 12.4. The average molecular weight is 796 g/mol. The van der Waals surface area contributed by atoms with Crippen LogP contribution in [-0.2, 0) is 6.54 Å². The summed E-state index contributed by atoms with van der Waals surface area (Å²) in [5.41, 5.74) is 7.66. The van der Waals surface area contributed by atoms with Crippen molar-refractivity contribution in [3.05, 3.63) is 114 Å². The Morgan fingerprint density at radius 1 is 0.644 bits per heavy atom. The lowest BCUT2D eigenvalue weighted by Gasteiger charge is -2.34. The summed E-state index contributed by atoms with van der Waals surface area (Å²) in [6.07, 6.45) is 8.03. The third-order valence-corrected chi connectivity index (χ3v) is 12.4. The molecule has 0 bridgehead atoms. The Kier molecular flexibility index (Phi) is 11.4. The van der Waals surface area contributed by atoms with Crippen LogP contribution in [0.15, 0.2) is 102 Å². The number of carbonyl (C=O) groups is 1. The van der Waals surface area contributed by atoms with Crippen molar-refractivity contribution in [1.29, 1.82) is 0 Å². The number of carbonyl (C=O) groups excluding carboxylic acids is 1. The Bertz CT molecular complexity index is 2370. The zero-order valence-electron chi connectivity index (χ0n) is 33.7. The molecule has 5 aromatic carbocycles. The molecule has 8 nitrogen and oxygen atoms in total. The lowest BCUT2D eigenvalue weighted by Crippen LogP contribution is -2.46. The number of aryl methyl sites for hydroxylation is 1. The molecule has 0 unspecified atom stereocenters. The molecule has 1 aromatic heterocycles. The quantitative estimate of drug-likeness (QED) is 0.103. The van der Waals surface area contributed by atoms with E-state index in [0.29, 0.717) is 29.4 Å². The number of unbranched alkanes of at least 4 members (excludes halogenated alkanes) is 2. The second kappa shape index (κ2) is 17.3. The molecule has 0 saturated carbocycles. The molecule has 1 amide bonds. The van der Waals surface area contributed by atoms with Gasteiger partial charge in [0.05, 0.1) is 31.0 Å². The smallest absolute Gasteiger partial charge is 0.256 e. The summed E-state index contributed by atoms with van der Waals surface area (Å²) >= 11 is 0. The second-order valence-electron chi connectivity index (χ2n) is 16.1. The fourth-order valence-corrected chi connectivity index (χ4v) is 9.07. The van der Waals surface area contributed by atoms with Gasteiger partial charge in [-0.3, -0.25) is 9.79 Å². The highest BCUT2D eigenvalue weighted by molar-refractivity contribution is 6.10. The topological polar surface area (TPSA) is 62.5 Å². The number of benzene rings is 5. The Labute approximate surface area is 344 Å². The van der Waals surface area contributed by atoms with Gasteiger partial charge < -0.3 is 28.7 Å². The molecule has 1 atom stereocenters. The first-order valence-electron chi connectivity index (χ1n) is 21.1. The normalized spacial score (nSPS) is 17.1. The maximum absolute atomic E-state index is 13.7. The number of hydrogen-bond acceptors (Lipinski definition) is 6. The van der Waals surface area contributed by atoms with Gasteiger partial charge in [0.1, 0.15) is 11.6 Å². The highest BCUT2D eigenvalue weighted by Gasteiger charge is 2.32. The molecule has 2 fully saturated rings. The van der Waals surface area contributed by atoms with Crippen molar-refractivity contribution in [2.24, 2.45) is 4.99 Å². The maximum atomic E-state index is 13.7. The lowest BCUT2D eigenvalue weighted by molar-refractivity contribution is 0.0774. The van der Waals surface area contributed by atoms with E-state index < -0.39 is 0 Å². The van der Waals surface area contributed by atoms with Crippen LogP contribution >= 0.6 is 0 Å². The van der Waals surface area contributed by atoms with Crippen LogP contribution < -0.4 is 9.47 Å². The van der Waals surface area contributed by atoms with Crippen LogP contribution in [0.3, 0.4) is 0 Å². The van der Waals surface area contributed by atoms with E-state index in [4.69, 9.17) is 9.47 Å². The zero-order valence-corrected chi connectivity index (χ0v) is 33.7. The van der Waals surface area contributed by atoms with Gasteiger partial charge in [-0.1, -0.05) is 36.4 Å². The number of methoxy groups -OCH3 is 1. The van der Waals surface area contributed by atoms with E-state index in [1.807, 2.05) is 41.4 Å². The molecule has 0 radical (unpaired) electrons. The monoisotopic (exact) mass is 795 g/mol. The van der Waals surface area contributed by atoms with Gasteiger partial charge in [0.25, 0.3) is 5.91 Å². The Balaban J connectivity index is 0.764. The van der Waals surface area contributed by atoms with E-state index >= 15 is 0 Å². The zero-order chi connectivity index (χ0) is 40.3. The van der Waals surface area contributed by atoms with Crippen LogP contribution in [0.4, 0.5) is 14.5 Å². The summed E-state index contributed by atoms with van der Waals surface area (Å²) < 4.78 is 41.7. The van der Waals surface area contributed by atoms with Gasteiger partial charge >= 0.3 is 0 Å². The van der Waals surface area contributed by atoms with E-state index in [-0.39, 0.29) is 23.6 Å². The van der Waals surface area contributed by atoms with Gasteiger partial charge in [-0.05, 0) is 128 Å². The van der Waals surface area contributed by atoms with Crippen molar-refractivity contribution in [2.75, 3.05) is 59.5 Å². The van der Waals surface area contributed by atoms with Gasteiger partial charge in [-0.2, -0.15) is 0 Å². The second-order valence-corrected chi connectivity index (χ2v) is 16.1. The molecule has 10 heteroatoms. The summed E-state index contributed by atoms with van der Waals surface area (Å²) in [5, 5.41) is 2.32. The molecule has 4 heterocycles. The SMILES string of the molecule is COc1cc2c(cc1OCCCCN1CCN(CCCCn3c4ccc(-c5ccc(F)cc5)cc4c4cc(-c5ccc(F)cc5)ccc43)CC1)N=C[C@@H]1CCCN1C2=O. The number of aliphatic imine (C=N–C) groups is 1. The largest absolute Gasteiger partial charge is 0.493 e. The number of hydrogen-bond donors (Lipinski definition) is 0. The van der Waals surface area contributed by atoms with Gasteiger partial charge in [0.2, 0.25) is 0 Å².